The van der Waals surface area contributed by atoms with E-state index in [1.165, 1.54) is 20.2 Å². The SMILES string of the molecule is CC(C)c1ccc2sc3ccc([S+](c4ccccc4)c4ccccc4)cc3c(=O)c2c1.Fc1c(F)c(F)c([B-](c2c(F)c(F)c(F)c(F)c2F)(c2c(F)c(F)c(F)c(F)c2F)c2c(F)c(F)c(F)c(F)c2F)c(F)c1F. The summed E-state index contributed by atoms with van der Waals surface area (Å²) in [5.74, 6) is -71.0. The molecule has 0 radical (unpaired) electrons. The monoisotopic (exact) mass is 1120 g/mol. The molecule has 0 spiro atoms. The van der Waals surface area contributed by atoms with Crippen LogP contribution in [-0.4, -0.2) is 6.15 Å². The normalized spacial score (nSPS) is 11.8. The van der Waals surface area contributed by atoms with E-state index in [9.17, 15) is 57.5 Å². The van der Waals surface area contributed by atoms with Gasteiger partial charge < -0.3 is 0 Å². The molecule has 0 aliphatic heterocycles. The van der Waals surface area contributed by atoms with E-state index in [0.29, 0.717) is 5.92 Å². The van der Waals surface area contributed by atoms with Crippen LogP contribution in [0.1, 0.15) is 25.3 Å². The van der Waals surface area contributed by atoms with Crippen LogP contribution in [0.2, 0.25) is 0 Å². The number of benzene rings is 8. The average molecular weight is 1120 g/mol. The van der Waals surface area contributed by atoms with E-state index in [1.54, 1.807) is 11.3 Å². The first-order valence-electron chi connectivity index (χ1n) is 21.4. The zero-order valence-corrected chi connectivity index (χ0v) is 39.3. The number of fused-ring (bicyclic) bond motifs is 2. The van der Waals surface area contributed by atoms with E-state index in [0.717, 1.165) is 20.2 Å². The van der Waals surface area contributed by atoms with Gasteiger partial charge in [0.25, 0.3) is 0 Å². The Morgan fingerprint density at radius 2 is 0.618 bits per heavy atom. The maximum atomic E-state index is 15.4. The summed E-state index contributed by atoms with van der Waals surface area (Å²) >= 11 is 1.70. The number of hydrogen-bond donors (Lipinski definition) is 0. The Morgan fingerprint density at radius 3 is 0.921 bits per heavy atom. The molecule has 0 saturated carbocycles. The summed E-state index contributed by atoms with van der Waals surface area (Å²) in [6.07, 6.45) is -7.22. The molecule has 0 atom stereocenters. The molecule has 9 aromatic rings. The minimum atomic E-state index is -7.22. The molecule has 24 heteroatoms. The Bertz CT molecular complexity index is 3470. The van der Waals surface area contributed by atoms with Crippen molar-refractivity contribution in [3.05, 3.63) is 229 Å². The minimum Gasteiger partial charge on any atom is -0.288 e. The van der Waals surface area contributed by atoms with E-state index < -0.39 is 144 Å². The molecular weight excluding hydrogens is 1100 g/mol. The van der Waals surface area contributed by atoms with Crippen molar-refractivity contribution < 1.29 is 87.8 Å². The minimum absolute atomic E-state index is 0.137. The summed E-state index contributed by atoms with van der Waals surface area (Å²) in [6, 6.07) is 33.9. The van der Waals surface area contributed by atoms with Gasteiger partial charge >= 0.3 is 0 Å². The zero-order chi connectivity index (χ0) is 55.7. The molecule has 9 rings (SSSR count). The van der Waals surface area contributed by atoms with Crippen LogP contribution in [0.5, 0.6) is 0 Å². The maximum absolute atomic E-state index is 15.4. The second kappa shape index (κ2) is 20.7. The third-order valence-electron chi connectivity index (χ3n) is 12.2. The Balaban J connectivity index is 0.000000215. The molecule has 1 aromatic heterocycles. The molecule has 0 unspecified atom stereocenters. The van der Waals surface area contributed by atoms with E-state index in [-0.39, 0.29) is 16.3 Å². The second-order valence-electron chi connectivity index (χ2n) is 16.7. The molecule has 0 N–H and O–H groups in total. The molecule has 392 valence electrons. The number of rotatable bonds is 8. The van der Waals surface area contributed by atoms with Crippen LogP contribution in [0.25, 0.3) is 20.2 Å². The summed E-state index contributed by atoms with van der Waals surface area (Å²) in [4.78, 5) is 17.2. The van der Waals surface area contributed by atoms with Gasteiger partial charge in [0.2, 0.25) is 0 Å². The van der Waals surface area contributed by atoms with Gasteiger partial charge in [-0.25, -0.2) is 87.8 Å². The Morgan fingerprint density at radius 1 is 0.342 bits per heavy atom. The lowest BCUT2D eigenvalue weighted by atomic mass is 9.12. The lowest BCUT2D eigenvalue weighted by Crippen LogP contribution is -2.81. The van der Waals surface area contributed by atoms with Crippen molar-refractivity contribution in [3.8, 4) is 0 Å². The van der Waals surface area contributed by atoms with Crippen LogP contribution >= 0.6 is 11.3 Å². The van der Waals surface area contributed by atoms with Gasteiger partial charge in [-0.2, -0.15) is 0 Å². The van der Waals surface area contributed by atoms with Gasteiger partial charge in [-0.1, -0.05) is 56.3 Å². The third-order valence-corrected chi connectivity index (χ3v) is 15.6. The van der Waals surface area contributed by atoms with Gasteiger partial charge in [0.15, 0.2) is 89.9 Å². The van der Waals surface area contributed by atoms with E-state index >= 15 is 35.1 Å². The van der Waals surface area contributed by atoms with Gasteiger partial charge in [0.1, 0.15) is 52.7 Å². The smallest absolute Gasteiger partial charge is 0.200 e. The Hall–Kier alpha value is -7.34. The van der Waals surface area contributed by atoms with Crippen molar-refractivity contribution in [2.75, 3.05) is 0 Å². The van der Waals surface area contributed by atoms with Gasteiger partial charge in [-0.3, -0.25) is 4.79 Å². The molecule has 0 amide bonds. The van der Waals surface area contributed by atoms with Crippen LogP contribution in [0.4, 0.5) is 87.8 Å². The molecule has 76 heavy (non-hydrogen) atoms. The van der Waals surface area contributed by atoms with Crippen LogP contribution in [0.15, 0.2) is 117 Å². The third kappa shape index (κ3) is 8.61. The molecule has 8 aromatic carbocycles. The fraction of sp³-hybridized carbons (Fsp3) is 0.0577. The predicted octanol–water partition coefficient (Wildman–Crippen LogP) is 13.5. The highest BCUT2D eigenvalue weighted by atomic mass is 32.2. The largest absolute Gasteiger partial charge is 0.288 e. The Labute approximate surface area is 420 Å². The molecule has 0 aliphatic rings. The van der Waals surface area contributed by atoms with Gasteiger partial charge in [0.05, 0.1) is 10.9 Å². The van der Waals surface area contributed by atoms with Gasteiger partial charge in [0, 0.05) is 26.2 Å². The number of halogens is 20. The van der Waals surface area contributed by atoms with Crippen molar-refractivity contribution in [3.63, 3.8) is 0 Å². The van der Waals surface area contributed by atoms with Gasteiger partial charge in [-0.05, 0) is 60.0 Å². The maximum Gasteiger partial charge on any atom is 0.200 e. The highest BCUT2D eigenvalue weighted by molar-refractivity contribution is 7.97. The van der Waals surface area contributed by atoms with Crippen LogP contribution in [0, 0.1) is 116 Å². The first-order chi connectivity index (χ1) is 35.8. The lowest BCUT2D eigenvalue weighted by Gasteiger charge is -2.44. The standard InChI is InChI=1S/C28H23OS2.C24BF20/c1-19(2)20-13-15-26-24(17-20)28(29)25-18-23(14-16-27(25)30-26)31(21-9-5-3-6-10-21)22-11-7-4-8-12-22;26-5-1(6(27)14(35)21(42)13(5)34)25(2-7(28)15(36)22(43)16(37)8(2)29,3-9(30)17(38)23(44)18(39)10(3)31)4-11(32)19(40)24(45)20(41)12(4)33/h3-19H,1-2H3;/q+1;-1. The summed E-state index contributed by atoms with van der Waals surface area (Å²) in [5.41, 5.74) is -13.0. The highest BCUT2D eigenvalue weighted by Crippen LogP contribution is 2.36. The summed E-state index contributed by atoms with van der Waals surface area (Å²) in [6.45, 7) is 4.33. The van der Waals surface area contributed by atoms with E-state index in [4.69, 9.17) is 0 Å². The first-order valence-corrected chi connectivity index (χ1v) is 23.4. The Kier molecular flexibility index (Phi) is 14.9. The molecule has 0 aliphatic carbocycles. The zero-order valence-electron chi connectivity index (χ0n) is 37.7. The molecule has 0 fully saturated rings. The predicted molar refractivity (Wildman–Crippen MR) is 244 cm³/mol. The highest BCUT2D eigenvalue weighted by Gasteiger charge is 2.52. The second-order valence-corrected chi connectivity index (χ2v) is 19.8. The fourth-order valence-corrected chi connectivity index (χ4v) is 11.9. The van der Waals surface area contributed by atoms with E-state index in [1.807, 2.05) is 12.1 Å². The van der Waals surface area contributed by atoms with Crippen molar-refractivity contribution >= 4 is 70.4 Å². The van der Waals surface area contributed by atoms with Crippen molar-refractivity contribution in [1.82, 2.24) is 0 Å². The molecule has 1 nitrogen and oxygen atoms in total. The molecular formula is C52H23BF20OS2. The van der Waals surface area contributed by atoms with Crippen molar-refractivity contribution in [1.29, 1.82) is 0 Å². The summed E-state index contributed by atoms with van der Waals surface area (Å²) < 4.78 is 296. The quantitative estimate of drug-likeness (QED) is 0.0370. The fourth-order valence-electron chi connectivity index (χ4n) is 8.73. The summed E-state index contributed by atoms with van der Waals surface area (Å²) in [5, 5.41) is 1.65. The molecule has 1 heterocycles. The van der Waals surface area contributed by atoms with Gasteiger partial charge in [-0.15, -0.1) is 33.2 Å². The van der Waals surface area contributed by atoms with E-state index in [2.05, 4.69) is 98.8 Å². The topological polar surface area (TPSA) is 17.1 Å². The number of hydrogen-bond acceptors (Lipinski definition) is 2. The average Bonchev–Trinajstić information content (AvgIpc) is 3.48. The van der Waals surface area contributed by atoms with Crippen LogP contribution in [0.3, 0.4) is 0 Å². The van der Waals surface area contributed by atoms with Crippen molar-refractivity contribution in [2.45, 2.75) is 34.5 Å². The first kappa shape index (κ1) is 54.9. The molecule has 0 bridgehead atoms. The van der Waals surface area contributed by atoms with Crippen LogP contribution in [-0.2, 0) is 10.9 Å². The molecule has 0 saturated heterocycles. The van der Waals surface area contributed by atoms with Crippen molar-refractivity contribution in [2.24, 2.45) is 0 Å². The lowest BCUT2D eigenvalue weighted by molar-refractivity contribution is 0.378. The summed E-state index contributed by atoms with van der Waals surface area (Å²) in [7, 11) is -0.259. The van der Waals surface area contributed by atoms with Crippen LogP contribution < -0.4 is 27.3 Å².